The van der Waals surface area contributed by atoms with Crippen LogP contribution in [0.5, 0.6) is 0 Å². The van der Waals surface area contributed by atoms with E-state index in [0.29, 0.717) is 6.54 Å². The average molecular weight is 375 g/mol. The highest BCUT2D eigenvalue weighted by Crippen LogP contribution is 2.28. The van der Waals surface area contributed by atoms with E-state index in [4.69, 9.17) is 4.42 Å². The van der Waals surface area contributed by atoms with Crippen molar-refractivity contribution in [3.8, 4) is 11.3 Å². The summed E-state index contributed by atoms with van der Waals surface area (Å²) in [6.07, 6.45) is 5.50. The molecular formula is C17H15BrN2OS. The van der Waals surface area contributed by atoms with Gasteiger partial charge in [0, 0.05) is 10.2 Å². The van der Waals surface area contributed by atoms with Crippen LogP contribution in [0.15, 0.2) is 75.6 Å². The van der Waals surface area contributed by atoms with Crippen LogP contribution in [0.25, 0.3) is 11.3 Å². The molecule has 0 unspecified atom stereocenters. The fourth-order valence-electron chi connectivity index (χ4n) is 2.17. The first kappa shape index (κ1) is 15.2. The summed E-state index contributed by atoms with van der Waals surface area (Å²) >= 11 is 5.14. The Morgan fingerprint density at radius 2 is 2.09 bits per heavy atom. The predicted molar refractivity (Wildman–Crippen MR) is 94.1 cm³/mol. The van der Waals surface area contributed by atoms with Crippen molar-refractivity contribution in [1.82, 2.24) is 9.55 Å². The molecule has 0 bridgehead atoms. The van der Waals surface area contributed by atoms with Gasteiger partial charge < -0.3 is 8.98 Å². The second-order valence-corrected chi connectivity index (χ2v) is 6.60. The van der Waals surface area contributed by atoms with E-state index >= 15 is 0 Å². The van der Waals surface area contributed by atoms with Crippen molar-refractivity contribution >= 4 is 27.7 Å². The third-order valence-corrected chi connectivity index (χ3v) is 4.70. The standard InChI is InChI=1S/C17H15BrN2OS/c1-2-10-22-17-19-11-16(13-5-7-14(18)8-6-13)20(17)12-15-4-3-9-21-15/h2-9,11H,1,10,12H2. The molecule has 0 radical (unpaired) electrons. The molecule has 2 heterocycles. The first-order valence-corrected chi connectivity index (χ1v) is 8.63. The van der Waals surface area contributed by atoms with Gasteiger partial charge in [0.05, 0.1) is 24.7 Å². The van der Waals surface area contributed by atoms with Crippen molar-refractivity contribution in [2.45, 2.75) is 11.7 Å². The summed E-state index contributed by atoms with van der Waals surface area (Å²) in [5.74, 6) is 1.74. The van der Waals surface area contributed by atoms with E-state index in [1.165, 1.54) is 0 Å². The third kappa shape index (κ3) is 3.36. The summed E-state index contributed by atoms with van der Waals surface area (Å²) in [6.45, 7) is 4.44. The van der Waals surface area contributed by atoms with E-state index in [0.717, 1.165) is 32.4 Å². The molecule has 22 heavy (non-hydrogen) atoms. The number of thioether (sulfide) groups is 1. The molecule has 5 heteroatoms. The van der Waals surface area contributed by atoms with Gasteiger partial charge >= 0.3 is 0 Å². The molecular weight excluding hydrogens is 360 g/mol. The molecule has 3 aromatic rings. The van der Waals surface area contributed by atoms with Gasteiger partial charge in [-0.05, 0) is 29.8 Å². The van der Waals surface area contributed by atoms with Crippen molar-refractivity contribution in [3.05, 3.63) is 71.7 Å². The van der Waals surface area contributed by atoms with Crippen LogP contribution in [0.1, 0.15) is 5.76 Å². The Kier molecular flexibility index (Phi) is 4.85. The normalized spacial score (nSPS) is 10.8. The van der Waals surface area contributed by atoms with E-state index in [1.807, 2.05) is 36.5 Å². The Hall–Kier alpha value is -1.72. The first-order valence-electron chi connectivity index (χ1n) is 6.85. The van der Waals surface area contributed by atoms with Crippen LogP contribution >= 0.6 is 27.7 Å². The van der Waals surface area contributed by atoms with Crippen LogP contribution in [0.4, 0.5) is 0 Å². The summed E-state index contributed by atoms with van der Waals surface area (Å²) in [4.78, 5) is 4.56. The fraction of sp³-hybridized carbons (Fsp3) is 0.118. The lowest BCUT2D eigenvalue weighted by atomic mass is 10.2. The van der Waals surface area contributed by atoms with Gasteiger partial charge in [-0.1, -0.05) is 45.9 Å². The molecule has 3 nitrogen and oxygen atoms in total. The van der Waals surface area contributed by atoms with Gasteiger partial charge in [-0.2, -0.15) is 0 Å². The van der Waals surface area contributed by atoms with E-state index in [1.54, 1.807) is 18.0 Å². The van der Waals surface area contributed by atoms with E-state index in [9.17, 15) is 0 Å². The molecule has 0 spiro atoms. The van der Waals surface area contributed by atoms with Gasteiger partial charge in [-0.25, -0.2) is 4.98 Å². The second-order valence-electron chi connectivity index (χ2n) is 4.70. The highest BCUT2D eigenvalue weighted by Gasteiger charge is 2.13. The molecule has 112 valence electrons. The molecule has 2 aromatic heterocycles. The number of benzene rings is 1. The van der Waals surface area contributed by atoms with Crippen molar-refractivity contribution in [3.63, 3.8) is 0 Å². The monoisotopic (exact) mass is 374 g/mol. The molecule has 0 amide bonds. The van der Waals surface area contributed by atoms with Gasteiger partial charge in [0.2, 0.25) is 0 Å². The van der Waals surface area contributed by atoms with Gasteiger partial charge in [-0.15, -0.1) is 6.58 Å². The predicted octanol–water partition coefficient (Wildman–Crippen LogP) is 5.23. The highest BCUT2D eigenvalue weighted by atomic mass is 79.9. The number of aromatic nitrogens is 2. The lowest BCUT2D eigenvalue weighted by Crippen LogP contribution is -2.03. The zero-order valence-electron chi connectivity index (χ0n) is 11.9. The van der Waals surface area contributed by atoms with Crippen LogP contribution in [0, 0.1) is 0 Å². The fourth-order valence-corrected chi connectivity index (χ4v) is 3.15. The number of imidazole rings is 1. The van der Waals surface area contributed by atoms with Gasteiger partial charge in [0.15, 0.2) is 5.16 Å². The van der Waals surface area contributed by atoms with Crippen molar-refractivity contribution in [2.75, 3.05) is 5.75 Å². The van der Waals surface area contributed by atoms with E-state index < -0.39 is 0 Å². The number of hydrogen-bond acceptors (Lipinski definition) is 3. The van der Waals surface area contributed by atoms with E-state index in [2.05, 4.69) is 44.2 Å². The van der Waals surface area contributed by atoms with Crippen LogP contribution in [0.2, 0.25) is 0 Å². The van der Waals surface area contributed by atoms with Crippen molar-refractivity contribution < 1.29 is 4.42 Å². The Morgan fingerprint density at radius 3 is 2.77 bits per heavy atom. The number of rotatable bonds is 6. The SMILES string of the molecule is C=CCSc1ncc(-c2ccc(Br)cc2)n1Cc1ccco1. The van der Waals surface area contributed by atoms with Crippen LogP contribution in [0.3, 0.4) is 0 Å². The molecule has 0 saturated carbocycles. The zero-order chi connectivity index (χ0) is 15.4. The zero-order valence-corrected chi connectivity index (χ0v) is 14.3. The quantitative estimate of drug-likeness (QED) is 0.437. The molecule has 1 aromatic carbocycles. The molecule has 0 atom stereocenters. The molecule has 0 N–H and O–H groups in total. The number of hydrogen-bond donors (Lipinski definition) is 0. The average Bonchev–Trinajstić information content (AvgIpc) is 3.17. The lowest BCUT2D eigenvalue weighted by Gasteiger charge is -2.10. The number of halogens is 1. The molecule has 0 aliphatic rings. The topological polar surface area (TPSA) is 31.0 Å². The minimum Gasteiger partial charge on any atom is -0.467 e. The maximum absolute atomic E-state index is 5.49. The Balaban J connectivity index is 1.99. The van der Waals surface area contributed by atoms with Gasteiger partial charge in [0.1, 0.15) is 5.76 Å². The maximum Gasteiger partial charge on any atom is 0.169 e. The van der Waals surface area contributed by atoms with Crippen molar-refractivity contribution in [2.24, 2.45) is 0 Å². The number of nitrogens with zero attached hydrogens (tertiary/aromatic N) is 2. The van der Waals surface area contributed by atoms with Gasteiger partial charge in [-0.3, -0.25) is 0 Å². The van der Waals surface area contributed by atoms with E-state index in [-0.39, 0.29) is 0 Å². The number of furan rings is 1. The minimum atomic E-state index is 0.665. The summed E-state index contributed by atoms with van der Waals surface area (Å²) < 4.78 is 8.73. The Labute approximate surface area is 142 Å². The summed E-state index contributed by atoms with van der Waals surface area (Å²) in [5, 5.41) is 0.967. The minimum absolute atomic E-state index is 0.665. The maximum atomic E-state index is 5.49. The first-order chi connectivity index (χ1) is 10.8. The smallest absolute Gasteiger partial charge is 0.169 e. The molecule has 0 aliphatic carbocycles. The Bertz CT molecular complexity index is 748. The molecule has 0 fully saturated rings. The molecule has 0 aliphatic heterocycles. The van der Waals surface area contributed by atoms with Crippen molar-refractivity contribution in [1.29, 1.82) is 0 Å². The summed E-state index contributed by atoms with van der Waals surface area (Å²) in [7, 11) is 0. The summed E-state index contributed by atoms with van der Waals surface area (Å²) in [5.41, 5.74) is 2.21. The lowest BCUT2D eigenvalue weighted by molar-refractivity contribution is 0.485. The van der Waals surface area contributed by atoms with Gasteiger partial charge in [0.25, 0.3) is 0 Å². The Morgan fingerprint density at radius 1 is 1.27 bits per heavy atom. The second kappa shape index (κ2) is 7.03. The van der Waals surface area contributed by atoms with Crippen LogP contribution in [-0.4, -0.2) is 15.3 Å². The van der Waals surface area contributed by atoms with Crippen LogP contribution < -0.4 is 0 Å². The molecule has 0 saturated heterocycles. The third-order valence-electron chi connectivity index (χ3n) is 3.18. The highest BCUT2D eigenvalue weighted by molar-refractivity contribution is 9.10. The van der Waals surface area contributed by atoms with Crippen LogP contribution in [-0.2, 0) is 6.54 Å². The molecule has 3 rings (SSSR count). The largest absolute Gasteiger partial charge is 0.467 e. The summed E-state index contributed by atoms with van der Waals surface area (Å²) in [6, 6.07) is 12.1.